The van der Waals surface area contributed by atoms with Crippen LogP contribution in [-0.4, -0.2) is 79.4 Å². The molecule has 3 heterocycles. The Balaban J connectivity index is 0.000000212. The van der Waals surface area contributed by atoms with Gasteiger partial charge < -0.3 is 30.2 Å². The second kappa shape index (κ2) is 9.18. The van der Waals surface area contributed by atoms with E-state index in [-0.39, 0.29) is 35.9 Å². The van der Waals surface area contributed by atoms with E-state index in [0.29, 0.717) is 13.2 Å². The number of primary amides is 1. The van der Waals surface area contributed by atoms with Gasteiger partial charge in [-0.2, -0.15) is 0 Å². The number of hydrogen-bond acceptors (Lipinski definition) is 8. The number of carbonyl (C=O) groups excluding carboxylic acids is 3. The summed E-state index contributed by atoms with van der Waals surface area (Å²) in [5.74, 6) is 0.0432. The Morgan fingerprint density at radius 3 is 2.80 bits per heavy atom. The number of methoxy groups -OCH3 is 1. The largest absolute Gasteiger partial charge is 0.461 e. The SMILES string of the molecule is CO[C@H]1C(=O)N2C=C(COC(C)=O)CSC12.NC(=O)C1CNCCO1. The predicted octanol–water partition coefficient (Wildman–Crippen LogP) is -1.18. The third-order valence-electron chi connectivity index (χ3n) is 3.75. The zero-order valence-electron chi connectivity index (χ0n) is 14.2. The van der Waals surface area contributed by atoms with Crippen LogP contribution in [0.5, 0.6) is 0 Å². The number of carbonyl (C=O) groups is 3. The van der Waals surface area contributed by atoms with E-state index in [2.05, 4.69) is 5.32 Å². The van der Waals surface area contributed by atoms with Crippen LogP contribution in [0, 0.1) is 0 Å². The second-order valence-electron chi connectivity index (χ2n) is 5.64. The van der Waals surface area contributed by atoms with Crippen LogP contribution in [0.1, 0.15) is 6.92 Å². The third-order valence-corrected chi connectivity index (χ3v) is 5.11. The Hall–Kier alpha value is -1.62. The van der Waals surface area contributed by atoms with Crippen molar-refractivity contribution in [3.63, 3.8) is 0 Å². The zero-order chi connectivity index (χ0) is 18.4. The van der Waals surface area contributed by atoms with E-state index in [1.54, 1.807) is 30.0 Å². The van der Waals surface area contributed by atoms with Crippen molar-refractivity contribution < 1.29 is 28.6 Å². The lowest BCUT2D eigenvalue weighted by Crippen LogP contribution is -2.62. The van der Waals surface area contributed by atoms with Crippen LogP contribution in [0.2, 0.25) is 0 Å². The van der Waals surface area contributed by atoms with Crippen molar-refractivity contribution >= 4 is 29.5 Å². The summed E-state index contributed by atoms with van der Waals surface area (Å²) >= 11 is 1.63. The standard InChI is InChI=1S/C10H13NO4S.C5H10N2O2/c1-6(12)15-4-7-3-11-9(13)8(14-2)10(11)16-5-7;6-5(8)4-3-7-1-2-9-4/h3,8,10H,4-5H2,1-2H3;4,7H,1-3H2,(H2,6,8)/t8-,10?;/m0./s1. The molecule has 3 rings (SSSR count). The first kappa shape index (κ1) is 19.7. The van der Waals surface area contributed by atoms with Gasteiger partial charge in [-0.15, -0.1) is 11.8 Å². The Morgan fingerprint density at radius 2 is 2.28 bits per heavy atom. The summed E-state index contributed by atoms with van der Waals surface area (Å²) in [7, 11) is 1.54. The van der Waals surface area contributed by atoms with Gasteiger partial charge in [0.25, 0.3) is 5.91 Å². The highest BCUT2D eigenvalue weighted by atomic mass is 32.2. The lowest BCUT2D eigenvalue weighted by molar-refractivity contribution is -0.157. The smallest absolute Gasteiger partial charge is 0.302 e. The van der Waals surface area contributed by atoms with Gasteiger partial charge in [-0.1, -0.05) is 0 Å². The van der Waals surface area contributed by atoms with Gasteiger partial charge in [0.15, 0.2) is 6.10 Å². The summed E-state index contributed by atoms with van der Waals surface area (Å²) in [4.78, 5) is 34.2. The minimum Gasteiger partial charge on any atom is -0.461 e. The molecular formula is C15H23N3O6S. The normalized spacial score (nSPS) is 27.9. The van der Waals surface area contributed by atoms with Crippen LogP contribution in [0.4, 0.5) is 0 Å². The Kier molecular flexibility index (Phi) is 7.24. The molecular weight excluding hydrogens is 350 g/mol. The molecule has 0 spiro atoms. The maximum absolute atomic E-state index is 11.5. The molecule has 3 atom stereocenters. The van der Waals surface area contributed by atoms with Crippen LogP contribution in [-0.2, 0) is 28.6 Å². The Morgan fingerprint density at radius 1 is 1.52 bits per heavy atom. The summed E-state index contributed by atoms with van der Waals surface area (Å²) in [5.41, 5.74) is 5.91. The number of morpholine rings is 1. The fourth-order valence-corrected chi connectivity index (χ4v) is 3.70. The van der Waals surface area contributed by atoms with Gasteiger partial charge in [-0.05, 0) is 5.57 Å². The lowest BCUT2D eigenvalue weighted by Gasteiger charge is -2.46. The molecule has 10 heteroatoms. The van der Waals surface area contributed by atoms with E-state index in [4.69, 9.17) is 19.9 Å². The first-order chi connectivity index (χ1) is 11.9. The molecule has 2 saturated heterocycles. The summed E-state index contributed by atoms with van der Waals surface area (Å²) < 4.78 is 15.0. The summed E-state index contributed by atoms with van der Waals surface area (Å²) in [5, 5.41) is 3.07. The number of nitrogens with zero attached hydrogens (tertiary/aromatic N) is 1. The van der Waals surface area contributed by atoms with Gasteiger partial charge >= 0.3 is 5.97 Å². The van der Waals surface area contributed by atoms with Crippen LogP contribution in [0.3, 0.4) is 0 Å². The molecule has 0 aliphatic carbocycles. The van der Waals surface area contributed by atoms with Gasteiger partial charge in [0.2, 0.25) is 5.91 Å². The number of β-lactam (4-membered cyclic amide) rings is 1. The molecule has 0 aromatic heterocycles. The van der Waals surface area contributed by atoms with Crippen molar-refractivity contribution in [2.45, 2.75) is 24.5 Å². The summed E-state index contributed by atoms with van der Waals surface area (Å²) in [6, 6.07) is 0. The topological polar surface area (TPSA) is 120 Å². The molecule has 9 nitrogen and oxygen atoms in total. The molecule has 0 bridgehead atoms. The van der Waals surface area contributed by atoms with Gasteiger partial charge in [0.1, 0.15) is 18.1 Å². The van der Waals surface area contributed by atoms with Crippen molar-refractivity contribution in [1.29, 1.82) is 0 Å². The van der Waals surface area contributed by atoms with E-state index in [9.17, 15) is 14.4 Å². The van der Waals surface area contributed by atoms with Crippen LogP contribution in [0.25, 0.3) is 0 Å². The van der Waals surface area contributed by atoms with Gasteiger partial charge in [-0.3, -0.25) is 14.4 Å². The number of amides is 2. The van der Waals surface area contributed by atoms with Gasteiger partial charge in [0, 0.05) is 39.1 Å². The van der Waals surface area contributed by atoms with Crippen LogP contribution >= 0.6 is 11.8 Å². The summed E-state index contributed by atoms with van der Waals surface area (Å²) in [6.45, 7) is 3.57. The number of nitrogens with two attached hydrogens (primary N) is 1. The highest BCUT2D eigenvalue weighted by molar-refractivity contribution is 8.00. The lowest BCUT2D eigenvalue weighted by atomic mass is 10.1. The number of thioether (sulfide) groups is 1. The average Bonchev–Trinajstić information content (AvgIpc) is 2.61. The number of fused-ring (bicyclic) bond motifs is 1. The first-order valence-corrected chi connectivity index (χ1v) is 8.90. The molecule has 140 valence electrons. The predicted molar refractivity (Wildman–Crippen MR) is 90.4 cm³/mol. The van der Waals surface area contributed by atoms with Gasteiger partial charge in [-0.25, -0.2) is 0 Å². The molecule has 0 saturated carbocycles. The Bertz CT molecular complexity index is 549. The highest BCUT2D eigenvalue weighted by Gasteiger charge is 2.48. The maximum atomic E-state index is 11.5. The third kappa shape index (κ3) is 5.18. The first-order valence-electron chi connectivity index (χ1n) is 7.85. The van der Waals surface area contributed by atoms with Crippen molar-refractivity contribution in [3.8, 4) is 0 Å². The van der Waals surface area contributed by atoms with Gasteiger partial charge in [0.05, 0.1) is 6.61 Å². The maximum Gasteiger partial charge on any atom is 0.302 e. The van der Waals surface area contributed by atoms with Crippen molar-refractivity contribution in [2.75, 3.05) is 39.2 Å². The van der Waals surface area contributed by atoms with Crippen molar-refractivity contribution in [2.24, 2.45) is 5.73 Å². The van der Waals surface area contributed by atoms with Crippen molar-refractivity contribution in [1.82, 2.24) is 10.2 Å². The number of ether oxygens (including phenoxy) is 3. The molecule has 25 heavy (non-hydrogen) atoms. The Labute approximate surface area is 150 Å². The van der Waals surface area contributed by atoms with Crippen LogP contribution < -0.4 is 11.1 Å². The molecule has 2 fully saturated rings. The minimum atomic E-state index is -0.418. The second-order valence-corrected chi connectivity index (χ2v) is 6.74. The van der Waals surface area contributed by atoms with E-state index in [0.717, 1.165) is 17.9 Å². The van der Waals surface area contributed by atoms with E-state index >= 15 is 0 Å². The molecule has 3 aliphatic rings. The molecule has 0 radical (unpaired) electrons. The van der Waals surface area contributed by atoms with E-state index in [1.165, 1.54) is 6.92 Å². The number of esters is 1. The van der Waals surface area contributed by atoms with Crippen molar-refractivity contribution in [3.05, 3.63) is 11.8 Å². The van der Waals surface area contributed by atoms with E-state index in [1.807, 2.05) is 0 Å². The number of rotatable bonds is 4. The molecule has 2 unspecified atom stereocenters. The fraction of sp³-hybridized carbons (Fsp3) is 0.667. The highest BCUT2D eigenvalue weighted by Crippen LogP contribution is 2.37. The molecule has 3 aliphatic heterocycles. The number of hydrogen-bond donors (Lipinski definition) is 2. The fourth-order valence-electron chi connectivity index (χ4n) is 2.43. The zero-order valence-corrected chi connectivity index (χ0v) is 15.0. The molecule has 2 amide bonds. The minimum absolute atomic E-state index is 0.0278. The van der Waals surface area contributed by atoms with E-state index < -0.39 is 6.10 Å². The molecule has 3 N–H and O–H groups in total. The molecule has 0 aromatic rings. The number of nitrogens with one attached hydrogen (secondary N) is 1. The molecule has 0 aromatic carbocycles. The summed E-state index contributed by atoms with van der Waals surface area (Å²) in [6.07, 6.45) is 1.03. The quantitative estimate of drug-likeness (QED) is 0.467. The monoisotopic (exact) mass is 373 g/mol. The van der Waals surface area contributed by atoms with Crippen LogP contribution in [0.15, 0.2) is 11.8 Å². The average molecular weight is 373 g/mol.